The minimum atomic E-state index is -0.678. The average Bonchev–Trinajstić information content (AvgIpc) is 2.65. The minimum Gasteiger partial charge on any atom is -0.496 e. The molecule has 28 heavy (non-hydrogen) atoms. The summed E-state index contributed by atoms with van der Waals surface area (Å²) >= 11 is 0. The van der Waals surface area contributed by atoms with Gasteiger partial charge in [-0.05, 0) is 45.4 Å². The highest BCUT2D eigenvalue weighted by atomic mass is 16.6. The Balaban J connectivity index is 2.51. The van der Waals surface area contributed by atoms with Crippen molar-refractivity contribution in [1.29, 1.82) is 5.26 Å². The highest BCUT2D eigenvalue weighted by molar-refractivity contribution is 5.98. The lowest BCUT2D eigenvalue weighted by Gasteiger charge is -2.43. The molecule has 0 unspecified atom stereocenters. The van der Waals surface area contributed by atoms with Crippen molar-refractivity contribution in [3.8, 4) is 11.8 Å². The fourth-order valence-corrected chi connectivity index (χ4v) is 3.58. The van der Waals surface area contributed by atoms with Crippen LogP contribution in [0.25, 0.3) is 11.6 Å². The number of allylic oxidation sites excluding steroid dienone is 1. The summed E-state index contributed by atoms with van der Waals surface area (Å²) in [6.07, 6.45) is 3.74. The summed E-state index contributed by atoms with van der Waals surface area (Å²) in [5.41, 5.74) is 3.73. The summed E-state index contributed by atoms with van der Waals surface area (Å²) in [5.74, 6) is -0.0805. The van der Waals surface area contributed by atoms with Crippen LogP contribution in [0.5, 0.6) is 5.75 Å². The van der Waals surface area contributed by atoms with Gasteiger partial charge in [-0.1, -0.05) is 6.08 Å². The van der Waals surface area contributed by atoms with E-state index in [1.807, 2.05) is 18.2 Å². The lowest BCUT2D eigenvalue weighted by Crippen LogP contribution is -2.44. The molecule has 0 bridgehead atoms. The third kappa shape index (κ3) is 4.37. The zero-order valence-corrected chi connectivity index (χ0v) is 17.5. The van der Waals surface area contributed by atoms with Crippen molar-refractivity contribution >= 4 is 23.3 Å². The average molecular weight is 384 g/mol. The van der Waals surface area contributed by atoms with Gasteiger partial charge in [0, 0.05) is 36.5 Å². The number of nitriles is 1. The molecule has 0 radical (unpaired) electrons. The van der Waals surface area contributed by atoms with Gasteiger partial charge in [0.1, 0.15) is 24.0 Å². The summed E-state index contributed by atoms with van der Waals surface area (Å²) < 4.78 is 15.5. The first-order valence-corrected chi connectivity index (χ1v) is 9.26. The van der Waals surface area contributed by atoms with Crippen LogP contribution in [0.3, 0.4) is 0 Å². The standard InChI is InChI=1S/C22H28N2O4/c1-7-24-19-12-20(27-6)16(11-18(19)15(2)13-22(24,3)4)10-17(14-23)21(25)28-9-8-26-5/h10-13H,7-9H2,1-6H3/b17-10-. The highest BCUT2D eigenvalue weighted by Crippen LogP contribution is 2.42. The first-order chi connectivity index (χ1) is 13.3. The molecule has 1 heterocycles. The molecule has 6 nitrogen and oxygen atoms in total. The maximum absolute atomic E-state index is 12.2. The van der Waals surface area contributed by atoms with Gasteiger partial charge in [-0.2, -0.15) is 5.26 Å². The number of benzene rings is 1. The molecule has 6 heteroatoms. The molecule has 0 saturated heterocycles. The van der Waals surface area contributed by atoms with Crippen LogP contribution in [0.1, 0.15) is 38.8 Å². The molecule has 1 aromatic carbocycles. The minimum absolute atomic E-state index is 0.0838. The van der Waals surface area contributed by atoms with E-state index in [4.69, 9.17) is 14.2 Å². The molecule has 0 N–H and O–H groups in total. The first kappa shape index (κ1) is 21.5. The van der Waals surface area contributed by atoms with E-state index in [2.05, 4.69) is 38.7 Å². The number of carbonyl (C=O) groups is 1. The van der Waals surface area contributed by atoms with Crippen LogP contribution in [0.15, 0.2) is 23.8 Å². The lowest BCUT2D eigenvalue weighted by atomic mass is 9.87. The monoisotopic (exact) mass is 384 g/mol. The van der Waals surface area contributed by atoms with Crippen molar-refractivity contribution in [3.63, 3.8) is 0 Å². The molecule has 0 spiro atoms. The van der Waals surface area contributed by atoms with E-state index >= 15 is 0 Å². The molecule has 2 rings (SSSR count). The zero-order chi connectivity index (χ0) is 20.9. The van der Waals surface area contributed by atoms with Gasteiger partial charge < -0.3 is 19.1 Å². The number of esters is 1. The topological polar surface area (TPSA) is 71.8 Å². The summed E-state index contributed by atoms with van der Waals surface area (Å²) in [7, 11) is 3.10. The Morgan fingerprint density at radius 3 is 2.57 bits per heavy atom. The molecule has 0 aliphatic carbocycles. The SMILES string of the molecule is CCN1c2cc(OC)c(/C=C(/C#N)C(=O)OCCOC)cc2C(C)=CC1(C)C. The predicted octanol–water partition coefficient (Wildman–Crippen LogP) is 3.81. The fourth-order valence-electron chi connectivity index (χ4n) is 3.58. The summed E-state index contributed by atoms with van der Waals surface area (Å²) in [4.78, 5) is 14.5. The predicted molar refractivity (Wildman–Crippen MR) is 110 cm³/mol. The van der Waals surface area contributed by atoms with Crippen molar-refractivity contribution in [2.24, 2.45) is 0 Å². The Bertz CT molecular complexity index is 847. The number of hydrogen-bond donors (Lipinski definition) is 0. The van der Waals surface area contributed by atoms with Crippen LogP contribution in [0, 0.1) is 11.3 Å². The second-order valence-electron chi connectivity index (χ2n) is 7.14. The molecule has 150 valence electrons. The van der Waals surface area contributed by atoms with Gasteiger partial charge in [-0.15, -0.1) is 0 Å². The van der Waals surface area contributed by atoms with Crippen LogP contribution in [0.2, 0.25) is 0 Å². The van der Waals surface area contributed by atoms with Crippen LogP contribution >= 0.6 is 0 Å². The van der Waals surface area contributed by atoms with E-state index in [-0.39, 0.29) is 24.3 Å². The van der Waals surface area contributed by atoms with Crippen LogP contribution in [-0.4, -0.2) is 45.5 Å². The maximum atomic E-state index is 12.2. The Morgan fingerprint density at radius 1 is 1.29 bits per heavy atom. The molecule has 1 aromatic rings. The summed E-state index contributed by atoms with van der Waals surface area (Å²) in [6, 6.07) is 5.84. The molecule has 0 atom stereocenters. The normalized spacial score (nSPS) is 15.4. The molecular formula is C22H28N2O4. The molecule has 1 aliphatic heterocycles. The number of carbonyl (C=O) groups excluding carboxylic acids is 1. The Labute approximate surface area is 167 Å². The maximum Gasteiger partial charge on any atom is 0.348 e. The molecule has 0 fully saturated rings. The number of fused-ring (bicyclic) bond motifs is 1. The molecular weight excluding hydrogens is 356 g/mol. The Hall–Kier alpha value is -2.78. The molecule has 0 aromatic heterocycles. The van der Waals surface area contributed by atoms with Gasteiger partial charge in [0.05, 0.1) is 19.3 Å². The number of likely N-dealkylation sites (N-methyl/N-ethyl adjacent to an activating group) is 1. The summed E-state index contributed by atoms with van der Waals surface area (Å²) in [5, 5.41) is 9.41. The van der Waals surface area contributed by atoms with Crippen molar-refractivity contribution in [3.05, 3.63) is 34.9 Å². The molecule has 0 amide bonds. The fraction of sp³-hybridized carbons (Fsp3) is 0.455. The van der Waals surface area contributed by atoms with Gasteiger partial charge in [0.2, 0.25) is 0 Å². The Kier molecular flexibility index (Phi) is 6.87. The van der Waals surface area contributed by atoms with Crippen molar-refractivity contribution < 1.29 is 19.0 Å². The lowest BCUT2D eigenvalue weighted by molar-refractivity contribution is -0.139. The second-order valence-corrected chi connectivity index (χ2v) is 7.14. The number of hydrogen-bond acceptors (Lipinski definition) is 6. The van der Waals surface area contributed by atoms with Gasteiger partial charge in [0.15, 0.2) is 0 Å². The van der Waals surface area contributed by atoms with E-state index < -0.39 is 5.97 Å². The number of anilines is 1. The number of rotatable bonds is 7. The van der Waals surface area contributed by atoms with E-state index in [1.54, 1.807) is 7.11 Å². The summed E-state index contributed by atoms with van der Waals surface area (Å²) in [6.45, 7) is 9.75. The van der Waals surface area contributed by atoms with E-state index in [0.717, 1.165) is 23.4 Å². The van der Waals surface area contributed by atoms with Gasteiger partial charge in [-0.25, -0.2) is 4.79 Å². The largest absolute Gasteiger partial charge is 0.496 e. The first-order valence-electron chi connectivity index (χ1n) is 9.26. The van der Waals surface area contributed by atoms with Gasteiger partial charge >= 0.3 is 5.97 Å². The zero-order valence-electron chi connectivity index (χ0n) is 17.5. The second kappa shape index (κ2) is 8.94. The van der Waals surface area contributed by atoms with E-state index in [9.17, 15) is 10.1 Å². The smallest absolute Gasteiger partial charge is 0.348 e. The number of methoxy groups -OCH3 is 2. The van der Waals surface area contributed by atoms with Crippen molar-refractivity contribution in [1.82, 2.24) is 0 Å². The van der Waals surface area contributed by atoms with Crippen LogP contribution < -0.4 is 9.64 Å². The third-order valence-corrected chi connectivity index (χ3v) is 4.81. The third-order valence-electron chi connectivity index (χ3n) is 4.81. The van der Waals surface area contributed by atoms with E-state index in [0.29, 0.717) is 11.3 Å². The van der Waals surface area contributed by atoms with Gasteiger partial charge in [0.25, 0.3) is 0 Å². The van der Waals surface area contributed by atoms with Gasteiger partial charge in [-0.3, -0.25) is 0 Å². The molecule has 0 saturated carbocycles. The van der Waals surface area contributed by atoms with Crippen LogP contribution in [-0.2, 0) is 14.3 Å². The number of nitrogens with zero attached hydrogens (tertiary/aromatic N) is 2. The quantitative estimate of drug-likeness (QED) is 0.308. The van der Waals surface area contributed by atoms with E-state index in [1.165, 1.54) is 13.2 Å². The van der Waals surface area contributed by atoms with Crippen molar-refractivity contribution in [2.75, 3.05) is 38.9 Å². The van der Waals surface area contributed by atoms with Crippen molar-refractivity contribution in [2.45, 2.75) is 33.2 Å². The Morgan fingerprint density at radius 2 is 2.00 bits per heavy atom. The molecule has 1 aliphatic rings. The van der Waals surface area contributed by atoms with Crippen LogP contribution in [0.4, 0.5) is 5.69 Å². The highest BCUT2D eigenvalue weighted by Gasteiger charge is 2.31. The number of ether oxygens (including phenoxy) is 3.